The molecule has 2 aliphatic heterocycles. The van der Waals surface area contributed by atoms with E-state index < -0.39 is 70.3 Å². The Bertz CT molecular complexity index is 4550. The van der Waals surface area contributed by atoms with Crippen molar-refractivity contribution in [3.63, 3.8) is 0 Å². The lowest BCUT2D eigenvalue weighted by Crippen LogP contribution is -2.09. The van der Waals surface area contributed by atoms with E-state index in [0.717, 1.165) is 128 Å². The predicted octanol–water partition coefficient (Wildman–Crippen LogP) is 26.7. The lowest BCUT2D eigenvalue weighted by molar-refractivity contribution is -0.0696. The van der Waals surface area contributed by atoms with Crippen LogP contribution in [0.1, 0.15) is 198 Å². The van der Waals surface area contributed by atoms with Crippen molar-refractivity contribution < 1.29 is 108 Å². The van der Waals surface area contributed by atoms with Gasteiger partial charge >= 0.3 is 24.7 Å². The summed E-state index contributed by atoms with van der Waals surface area (Å²) >= 11 is 0. The third-order valence-corrected chi connectivity index (χ3v) is 19.2. The summed E-state index contributed by atoms with van der Waals surface area (Å²) in [6.45, 7) is 5.50. The number of benzene rings is 6. The van der Waals surface area contributed by atoms with Gasteiger partial charge in [-0.15, -0.1) is 0 Å². The molecule has 6 aromatic carbocycles. The molecule has 0 saturated heterocycles. The van der Waals surface area contributed by atoms with E-state index in [1.165, 1.54) is 85.6 Å². The molecule has 0 spiro atoms. The molecule has 6 aliphatic rings. The molecule has 0 amide bonds. The number of aromatic nitrogens is 2. The molecule has 8 aromatic rings. The molecular formula is C86H82F16N2O8. The molecule has 0 N–H and O–H groups in total. The maximum Gasteiger partial charge on any atom is 0.417 e. The van der Waals surface area contributed by atoms with Crippen molar-refractivity contribution in [2.45, 2.75) is 180 Å². The maximum atomic E-state index is 13.5. The number of ether oxygens (including phenoxy) is 6. The van der Waals surface area contributed by atoms with Crippen LogP contribution in [-0.4, -0.2) is 61.5 Å². The largest absolute Gasteiger partial charge is 0.454 e. The van der Waals surface area contributed by atoms with Crippen LogP contribution in [0.15, 0.2) is 155 Å². The van der Waals surface area contributed by atoms with Crippen LogP contribution in [0.2, 0.25) is 0 Å². The average Bonchev–Trinajstić information content (AvgIpc) is 1.63. The zero-order valence-electron chi connectivity index (χ0n) is 61.4. The molecule has 0 bridgehead atoms. The Balaban J connectivity index is 0.000000150. The van der Waals surface area contributed by atoms with Crippen molar-refractivity contribution in [1.29, 1.82) is 0 Å². The molecule has 112 heavy (non-hydrogen) atoms. The molecule has 0 radical (unpaired) electrons. The van der Waals surface area contributed by atoms with Crippen molar-refractivity contribution >= 4 is 66.8 Å². The van der Waals surface area contributed by atoms with Gasteiger partial charge in [0.1, 0.15) is 34.3 Å². The number of allylic oxidation sites excluding steroid dienone is 16. The van der Waals surface area contributed by atoms with Crippen LogP contribution in [-0.2, 0) is 22.7 Å². The number of unbranched alkanes of at least 4 members (excludes halogenated alkanes) is 16. The number of fused-ring (bicyclic) bond motifs is 8. The predicted molar refractivity (Wildman–Crippen MR) is 397 cm³/mol. The van der Waals surface area contributed by atoms with Gasteiger partial charge in [-0.05, 0) is 239 Å². The molecule has 14 rings (SSSR count). The van der Waals surface area contributed by atoms with E-state index in [9.17, 15) is 70.2 Å². The molecule has 26 heteroatoms. The summed E-state index contributed by atoms with van der Waals surface area (Å²) in [5.41, 5.74) is 5.42. The fraction of sp³-hybridized carbons (Fsp3) is 0.372. The van der Waals surface area contributed by atoms with E-state index in [1.54, 1.807) is 24.3 Å². The first-order chi connectivity index (χ1) is 53.6. The maximum absolute atomic E-state index is 13.5. The van der Waals surface area contributed by atoms with Gasteiger partial charge in [-0.2, -0.15) is 52.7 Å². The summed E-state index contributed by atoms with van der Waals surface area (Å²) in [5, 5.41) is 0. The standard InChI is InChI=1S/2C25H23F5O3.2C18H18F3NO/c2*26-18-8-16(9-19(27)11-18)14-31-7-5-3-1-2-4-6-17-10-22(25(28,29)30)21-13-24-23(12-20(17)21)32-15-33-24;1-2-3-4-5-6-7-12-8-15(18(19,20)21)14-9-16-17(10-13(12)14)23-11-22-16;1-2-3-4-5-6-7-12-8-15(18(19,20)21)14-10-17-16(9-13(12)14)22-11-23-17/h2*6,8-13H,1-5,7,14-15H2;2*7-11H,2-6H2,1H3/b17-6+;17-6-;2*12-7+. The van der Waals surface area contributed by atoms with Gasteiger partial charge in [-0.25, -0.2) is 27.5 Å². The third-order valence-electron chi connectivity index (χ3n) is 19.2. The molecule has 10 nitrogen and oxygen atoms in total. The number of halogens is 16. The highest BCUT2D eigenvalue weighted by molar-refractivity contribution is 6.03. The fourth-order valence-corrected chi connectivity index (χ4v) is 13.7. The summed E-state index contributed by atoms with van der Waals surface area (Å²) in [4.78, 5) is 7.99. The molecule has 0 atom stereocenters. The van der Waals surface area contributed by atoms with E-state index in [4.69, 9.17) is 37.3 Å². The van der Waals surface area contributed by atoms with E-state index in [1.807, 2.05) is 24.3 Å². The molecular weight excluding hydrogens is 1490 g/mol. The number of oxazole rings is 2. The number of nitrogens with zero attached hydrogens (tertiary/aromatic N) is 2. The van der Waals surface area contributed by atoms with Crippen LogP contribution in [0.5, 0.6) is 23.0 Å². The minimum absolute atomic E-state index is 0.00514. The third kappa shape index (κ3) is 21.9. The van der Waals surface area contributed by atoms with Gasteiger partial charge in [0.15, 0.2) is 47.0 Å². The van der Waals surface area contributed by atoms with Crippen LogP contribution < -0.4 is 18.9 Å². The molecule has 596 valence electrons. The Morgan fingerprint density at radius 2 is 0.607 bits per heavy atom. The molecule has 0 fully saturated rings. The van der Waals surface area contributed by atoms with Crippen LogP contribution in [0, 0.1) is 23.3 Å². The van der Waals surface area contributed by atoms with Gasteiger partial charge in [0.25, 0.3) is 0 Å². The Hall–Kier alpha value is -9.82. The van der Waals surface area contributed by atoms with Gasteiger partial charge in [-0.3, -0.25) is 0 Å². The number of alkyl halides is 12. The Morgan fingerprint density at radius 3 is 0.946 bits per heavy atom. The average molecular weight is 1580 g/mol. The van der Waals surface area contributed by atoms with Gasteiger partial charge in [-0.1, -0.05) is 102 Å². The monoisotopic (exact) mass is 1570 g/mol. The van der Waals surface area contributed by atoms with E-state index >= 15 is 0 Å². The first kappa shape index (κ1) is 83.1. The molecule has 4 heterocycles. The summed E-state index contributed by atoms with van der Waals surface area (Å²) < 4.78 is 256. The van der Waals surface area contributed by atoms with Crippen molar-refractivity contribution in [1.82, 2.24) is 9.97 Å². The highest BCUT2D eigenvalue weighted by Crippen LogP contribution is 2.52. The minimum Gasteiger partial charge on any atom is -0.454 e. The molecule has 4 aliphatic carbocycles. The minimum atomic E-state index is -4.45. The smallest absolute Gasteiger partial charge is 0.417 e. The first-order valence-electron chi connectivity index (χ1n) is 37.3. The van der Waals surface area contributed by atoms with Crippen molar-refractivity contribution in [3.05, 3.63) is 225 Å². The Morgan fingerprint density at radius 1 is 0.330 bits per heavy atom. The topological polar surface area (TPSA) is 107 Å². The quantitative estimate of drug-likeness (QED) is 0.0347. The lowest BCUT2D eigenvalue weighted by Gasteiger charge is -2.10. The van der Waals surface area contributed by atoms with Gasteiger partial charge < -0.3 is 37.3 Å². The van der Waals surface area contributed by atoms with Gasteiger partial charge in [0.05, 0.1) is 35.5 Å². The molecule has 0 saturated carbocycles. The molecule has 2 aromatic heterocycles. The normalized spacial score (nSPS) is 15.9. The summed E-state index contributed by atoms with van der Waals surface area (Å²) in [6, 6.07) is 18.9. The lowest BCUT2D eigenvalue weighted by atomic mass is 10.0. The SMILES string of the molecule is CCCCCC/C=C1\C=C(C(F)(F)F)c2cc3ncoc3cc21.CCCCCC/C=C1\C=C(C(F)(F)F)c2cc3ocnc3cc21.Fc1cc(F)cc(COCCCCCC/C=C2/C=C(C(F)(F)F)c3cc4c(cc32)OCO4)c1.Fc1cc(F)cc(COCCCCCC/C=C2\C=C(C(F)(F)F)c3cc4c(cc32)OCO4)c1. The second-order valence-corrected chi connectivity index (χ2v) is 27.6. The fourth-order valence-electron chi connectivity index (χ4n) is 13.7. The van der Waals surface area contributed by atoms with Crippen LogP contribution in [0.4, 0.5) is 70.2 Å². The van der Waals surface area contributed by atoms with Crippen molar-refractivity contribution in [3.8, 4) is 23.0 Å². The first-order valence-corrected chi connectivity index (χ1v) is 37.3. The highest BCUT2D eigenvalue weighted by Gasteiger charge is 2.44. The highest BCUT2D eigenvalue weighted by atomic mass is 19.4. The van der Waals surface area contributed by atoms with Crippen LogP contribution >= 0.6 is 0 Å². The second kappa shape index (κ2) is 37.7. The number of hydrogen-bond acceptors (Lipinski definition) is 10. The van der Waals surface area contributed by atoms with E-state index in [2.05, 4.69) is 23.8 Å². The zero-order chi connectivity index (χ0) is 79.7. The molecule has 0 unspecified atom stereocenters. The van der Waals surface area contributed by atoms with E-state index in [0.29, 0.717) is 127 Å². The Labute approximate surface area is 636 Å². The van der Waals surface area contributed by atoms with Gasteiger partial charge in [0.2, 0.25) is 13.6 Å². The summed E-state index contributed by atoms with van der Waals surface area (Å²) in [6.07, 6.45) is 15.6. The van der Waals surface area contributed by atoms with Crippen molar-refractivity contribution in [2.24, 2.45) is 0 Å². The van der Waals surface area contributed by atoms with E-state index in [-0.39, 0.29) is 49.1 Å². The van der Waals surface area contributed by atoms with Crippen LogP contribution in [0.25, 0.3) is 66.8 Å². The number of hydrogen-bond donors (Lipinski definition) is 0. The number of rotatable bonds is 28. The Kier molecular flexibility index (Phi) is 28.0. The van der Waals surface area contributed by atoms with Crippen LogP contribution in [0.3, 0.4) is 0 Å². The van der Waals surface area contributed by atoms with Crippen molar-refractivity contribution in [2.75, 3.05) is 26.8 Å². The zero-order valence-corrected chi connectivity index (χ0v) is 61.4. The summed E-state index contributed by atoms with van der Waals surface area (Å²) in [5.74, 6) is -0.949. The second-order valence-electron chi connectivity index (χ2n) is 27.6. The summed E-state index contributed by atoms with van der Waals surface area (Å²) in [7, 11) is 0. The van der Waals surface area contributed by atoms with Gasteiger partial charge in [0, 0.05) is 25.3 Å².